The third kappa shape index (κ3) is 3.87. The fourth-order valence-electron chi connectivity index (χ4n) is 4.51. The Morgan fingerprint density at radius 3 is 2.48 bits per heavy atom. The van der Waals surface area contributed by atoms with Gasteiger partial charge in [0.05, 0.1) is 24.5 Å². The van der Waals surface area contributed by atoms with Crippen molar-refractivity contribution in [3.8, 4) is 11.4 Å². The van der Waals surface area contributed by atoms with E-state index >= 15 is 0 Å². The number of anilines is 1. The smallest absolute Gasteiger partial charge is 0.174 e. The van der Waals surface area contributed by atoms with Crippen LogP contribution in [0, 0.1) is 0 Å². The van der Waals surface area contributed by atoms with Gasteiger partial charge in [0.25, 0.3) is 0 Å². The molecule has 0 saturated carbocycles. The summed E-state index contributed by atoms with van der Waals surface area (Å²) in [5.74, 6) is 0.816. The van der Waals surface area contributed by atoms with Crippen molar-refractivity contribution in [2.75, 3.05) is 12.0 Å². The lowest BCUT2D eigenvalue weighted by Crippen LogP contribution is -2.30. The number of nitrogens with one attached hydrogen (secondary N) is 1. The Morgan fingerprint density at radius 1 is 0.970 bits per heavy atom. The second-order valence-electron chi connectivity index (χ2n) is 7.99. The molecule has 1 fully saturated rings. The first-order valence-electron chi connectivity index (χ1n) is 11.1. The highest BCUT2D eigenvalue weighted by Gasteiger charge is 2.42. The van der Waals surface area contributed by atoms with E-state index in [0.717, 1.165) is 34.9 Å². The molecule has 5 nitrogen and oxygen atoms in total. The number of aryl methyl sites for hydroxylation is 1. The second-order valence-corrected chi connectivity index (χ2v) is 8.38. The minimum absolute atomic E-state index is 0.0974. The highest BCUT2D eigenvalue weighted by atomic mass is 32.1. The van der Waals surface area contributed by atoms with Gasteiger partial charge in [-0.2, -0.15) is 0 Å². The van der Waals surface area contributed by atoms with E-state index in [4.69, 9.17) is 17.0 Å². The van der Waals surface area contributed by atoms with Gasteiger partial charge in [-0.15, -0.1) is 0 Å². The van der Waals surface area contributed by atoms with Crippen LogP contribution in [0.1, 0.15) is 36.0 Å². The quantitative estimate of drug-likeness (QED) is 0.383. The topological polar surface area (TPSA) is 42.3 Å². The van der Waals surface area contributed by atoms with E-state index in [0.29, 0.717) is 5.11 Å². The third-order valence-electron chi connectivity index (χ3n) is 6.15. The maximum atomic E-state index is 5.87. The van der Waals surface area contributed by atoms with Crippen LogP contribution in [0.3, 0.4) is 0 Å². The van der Waals surface area contributed by atoms with Gasteiger partial charge in [-0.05, 0) is 72.7 Å². The summed E-state index contributed by atoms with van der Waals surface area (Å²) in [6.45, 7) is 2.16. The lowest BCUT2D eigenvalue weighted by atomic mass is 10.0. The average Bonchev–Trinajstić information content (AvgIpc) is 3.48. The molecule has 0 aliphatic carbocycles. The highest BCUT2D eigenvalue weighted by molar-refractivity contribution is 7.80. The number of hydrogen-bond donors (Lipinski definition) is 1. The van der Waals surface area contributed by atoms with Crippen molar-refractivity contribution < 1.29 is 4.74 Å². The maximum absolute atomic E-state index is 5.87. The molecular weight excluding hydrogens is 428 g/mol. The Labute approximate surface area is 199 Å². The summed E-state index contributed by atoms with van der Waals surface area (Å²) in [6.07, 6.45) is 4.90. The Bertz CT molecular complexity index is 1250. The van der Waals surface area contributed by atoms with Gasteiger partial charge in [-0.25, -0.2) is 0 Å². The molecule has 1 aliphatic rings. The fraction of sp³-hybridized carbons (Fsp3) is 0.185. The molecule has 6 heteroatoms. The van der Waals surface area contributed by atoms with E-state index in [1.54, 1.807) is 7.11 Å². The summed E-state index contributed by atoms with van der Waals surface area (Å²) in [7, 11) is 1.70. The maximum Gasteiger partial charge on any atom is 0.174 e. The van der Waals surface area contributed by atoms with Crippen LogP contribution in [0.4, 0.5) is 5.69 Å². The third-order valence-corrected chi connectivity index (χ3v) is 6.46. The lowest BCUT2D eigenvalue weighted by Gasteiger charge is -2.29. The molecule has 1 N–H and O–H groups in total. The summed E-state index contributed by atoms with van der Waals surface area (Å²) < 4.78 is 7.85. The van der Waals surface area contributed by atoms with Gasteiger partial charge >= 0.3 is 0 Å². The zero-order valence-corrected chi connectivity index (χ0v) is 19.5. The van der Waals surface area contributed by atoms with Crippen LogP contribution >= 0.6 is 12.2 Å². The van der Waals surface area contributed by atoms with E-state index in [1.165, 1.54) is 5.56 Å². The highest BCUT2D eigenvalue weighted by Crippen LogP contribution is 2.42. The first-order chi connectivity index (χ1) is 16.2. The fourth-order valence-corrected chi connectivity index (χ4v) is 4.85. The zero-order valence-electron chi connectivity index (χ0n) is 18.7. The van der Waals surface area contributed by atoms with Crippen molar-refractivity contribution in [1.29, 1.82) is 0 Å². The largest absolute Gasteiger partial charge is 0.495 e. The molecule has 0 bridgehead atoms. The Morgan fingerprint density at radius 2 is 1.76 bits per heavy atom. The molecule has 0 spiro atoms. The van der Waals surface area contributed by atoms with Crippen molar-refractivity contribution in [2.24, 2.45) is 0 Å². The second kappa shape index (κ2) is 9.08. The number of pyridine rings is 1. The number of thiocarbonyl (C=S) groups is 1. The monoisotopic (exact) mass is 454 g/mol. The Balaban J connectivity index is 1.66. The normalized spacial score (nSPS) is 17.8. The summed E-state index contributed by atoms with van der Waals surface area (Å²) in [4.78, 5) is 6.87. The van der Waals surface area contributed by atoms with Gasteiger partial charge in [-0.3, -0.25) is 4.98 Å². The van der Waals surface area contributed by atoms with Crippen molar-refractivity contribution in [2.45, 2.75) is 25.4 Å². The molecule has 166 valence electrons. The minimum atomic E-state index is -0.104. The first-order valence-corrected chi connectivity index (χ1v) is 11.5. The number of benzene rings is 2. The molecule has 2 aromatic heterocycles. The van der Waals surface area contributed by atoms with Crippen LogP contribution in [0.2, 0.25) is 0 Å². The standard InChI is InChI=1S/C27H26N4OS/c1-3-19-13-15-20(16-14-19)31-26(25(29-27(31)33)21-9-6-7-17-28-21)23-11-8-18-30(23)22-10-4-5-12-24(22)32-2/h4-18,25-26H,3H2,1-2H3,(H,29,33). The summed E-state index contributed by atoms with van der Waals surface area (Å²) >= 11 is 5.87. The minimum Gasteiger partial charge on any atom is -0.495 e. The number of methoxy groups -OCH3 is 1. The zero-order chi connectivity index (χ0) is 22.8. The molecule has 33 heavy (non-hydrogen) atoms. The molecule has 2 unspecified atom stereocenters. The average molecular weight is 455 g/mol. The summed E-state index contributed by atoms with van der Waals surface area (Å²) in [6, 6.07) is 26.7. The van der Waals surface area contributed by atoms with Crippen LogP contribution in [-0.4, -0.2) is 21.8 Å². The molecule has 2 atom stereocenters. The number of hydrogen-bond acceptors (Lipinski definition) is 3. The number of ether oxygens (including phenoxy) is 1. The predicted octanol–water partition coefficient (Wildman–Crippen LogP) is 5.62. The molecule has 1 aliphatic heterocycles. The molecule has 4 aromatic rings. The van der Waals surface area contributed by atoms with Crippen LogP contribution in [0.25, 0.3) is 5.69 Å². The van der Waals surface area contributed by atoms with Gasteiger partial charge in [-0.1, -0.05) is 37.3 Å². The molecule has 0 amide bonds. The van der Waals surface area contributed by atoms with Gasteiger partial charge in [0, 0.05) is 23.8 Å². The van der Waals surface area contributed by atoms with Crippen molar-refractivity contribution in [1.82, 2.24) is 14.9 Å². The van der Waals surface area contributed by atoms with Gasteiger partial charge in [0.1, 0.15) is 11.8 Å². The van der Waals surface area contributed by atoms with Gasteiger partial charge in [0.2, 0.25) is 0 Å². The Hall–Kier alpha value is -3.64. The summed E-state index contributed by atoms with van der Waals surface area (Å²) in [5.41, 5.74) is 5.39. The van der Waals surface area contributed by atoms with Gasteiger partial charge in [0.15, 0.2) is 5.11 Å². The molecule has 1 saturated heterocycles. The van der Waals surface area contributed by atoms with Gasteiger partial charge < -0.3 is 19.5 Å². The molecule has 5 rings (SSSR count). The number of rotatable bonds is 6. The van der Waals surface area contributed by atoms with E-state index in [1.807, 2.05) is 42.6 Å². The van der Waals surface area contributed by atoms with E-state index < -0.39 is 0 Å². The molecule has 3 heterocycles. The predicted molar refractivity (Wildman–Crippen MR) is 136 cm³/mol. The van der Waals surface area contributed by atoms with E-state index in [2.05, 4.69) is 75.4 Å². The Kier molecular flexibility index (Phi) is 5.84. The lowest BCUT2D eigenvalue weighted by molar-refractivity contribution is 0.412. The van der Waals surface area contributed by atoms with Crippen LogP contribution in [-0.2, 0) is 6.42 Å². The number of para-hydroxylation sites is 2. The van der Waals surface area contributed by atoms with Crippen LogP contribution in [0.5, 0.6) is 5.75 Å². The van der Waals surface area contributed by atoms with Crippen molar-refractivity contribution >= 4 is 23.0 Å². The number of aromatic nitrogens is 2. The van der Waals surface area contributed by atoms with E-state index in [-0.39, 0.29) is 12.1 Å². The first kappa shape index (κ1) is 21.2. The number of nitrogens with zero attached hydrogens (tertiary/aromatic N) is 3. The molecule has 2 aromatic carbocycles. The van der Waals surface area contributed by atoms with Crippen LogP contribution in [0.15, 0.2) is 91.3 Å². The SMILES string of the molecule is CCc1ccc(N2C(=S)NC(c3ccccn3)C2c2cccn2-c2ccccc2OC)cc1. The summed E-state index contributed by atoms with van der Waals surface area (Å²) in [5, 5.41) is 4.23. The molecular formula is C27H26N4OS. The molecule has 0 radical (unpaired) electrons. The van der Waals surface area contributed by atoms with Crippen molar-refractivity contribution in [3.05, 3.63) is 108 Å². The van der Waals surface area contributed by atoms with Crippen molar-refractivity contribution in [3.63, 3.8) is 0 Å². The van der Waals surface area contributed by atoms with E-state index in [9.17, 15) is 0 Å². The van der Waals surface area contributed by atoms with Crippen LogP contribution < -0.4 is 15.0 Å².